The Morgan fingerprint density at radius 2 is 2.20 bits per heavy atom. The van der Waals surface area contributed by atoms with E-state index in [9.17, 15) is 8.42 Å². The minimum absolute atomic E-state index is 0.323. The van der Waals surface area contributed by atoms with Crippen LogP contribution in [0.15, 0.2) is 0 Å². The Kier molecular flexibility index (Phi) is 4.51. The third-order valence-corrected chi connectivity index (χ3v) is 3.94. The lowest BCUT2D eigenvalue weighted by Crippen LogP contribution is -2.51. The molecule has 15 heavy (non-hydrogen) atoms. The fourth-order valence-corrected chi connectivity index (χ4v) is 2.77. The topological polar surface area (TPSA) is 75.4 Å². The molecule has 0 aromatic heterocycles. The van der Waals surface area contributed by atoms with Crippen LogP contribution >= 0.6 is 0 Å². The van der Waals surface area contributed by atoms with E-state index < -0.39 is 10.2 Å². The van der Waals surface area contributed by atoms with Crippen LogP contribution in [-0.2, 0) is 10.2 Å². The van der Waals surface area contributed by atoms with Crippen LogP contribution in [0, 0.1) is 5.92 Å². The predicted octanol–water partition coefficient (Wildman–Crippen LogP) is -0.100. The molecule has 6 heteroatoms. The van der Waals surface area contributed by atoms with Crippen molar-refractivity contribution in [1.82, 2.24) is 9.62 Å². The maximum atomic E-state index is 11.1. The maximum absolute atomic E-state index is 11.1. The molecule has 5 nitrogen and oxygen atoms in total. The van der Waals surface area contributed by atoms with Crippen LogP contribution in [0.25, 0.3) is 0 Å². The fraction of sp³-hybridized carbons (Fsp3) is 1.00. The minimum atomic E-state index is -3.50. The molecule has 2 unspecified atom stereocenters. The molecule has 1 fully saturated rings. The normalized spacial score (nSPS) is 29.3. The highest BCUT2D eigenvalue weighted by Crippen LogP contribution is 2.17. The van der Waals surface area contributed by atoms with Gasteiger partial charge in [-0.2, -0.15) is 12.7 Å². The van der Waals surface area contributed by atoms with Crippen LogP contribution in [0.3, 0.4) is 0 Å². The summed E-state index contributed by atoms with van der Waals surface area (Å²) in [6, 6.07) is 0.419. The Morgan fingerprint density at radius 1 is 1.53 bits per heavy atom. The summed E-state index contributed by atoms with van der Waals surface area (Å²) in [5, 5.41) is 8.53. The standard InChI is InChI=1S/C9H21N3O2S/c1-3-5-11-9-4-6-12(7-8(9)2)15(10,13)14/h8-9,11H,3-7H2,1-2H3,(H2,10,13,14). The molecule has 2 atom stereocenters. The van der Waals surface area contributed by atoms with E-state index in [0.29, 0.717) is 25.0 Å². The van der Waals surface area contributed by atoms with E-state index in [1.165, 1.54) is 4.31 Å². The monoisotopic (exact) mass is 235 g/mol. The molecule has 0 radical (unpaired) electrons. The molecular formula is C9H21N3O2S. The van der Waals surface area contributed by atoms with Crippen molar-refractivity contribution in [3.8, 4) is 0 Å². The van der Waals surface area contributed by atoms with Crippen molar-refractivity contribution in [2.75, 3.05) is 19.6 Å². The van der Waals surface area contributed by atoms with Gasteiger partial charge in [-0.05, 0) is 25.3 Å². The van der Waals surface area contributed by atoms with Crippen LogP contribution in [0.2, 0.25) is 0 Å². The number of hydrogen-bond donors (Lipinski definition) is 2. The number of nitrogens with two attached hydrogens (primary N) is 1. The summed E-state index contributed by atoms with van der Waals surface area (Å²) in [5.41, 5.74) is 0. The van der Waals surface area contributed by atoms with Gasteiger partial charge in [0.25, 0.3) is 10.2 Å². The molecule has 1 aliphatic rings. The van der Waals surface area contributed by atoms with Crippen molar-refractivity contribution >= 4 is 10.2 Å². The summed E-state index contributed by atoms with van der Waals surface area (Å²) in [7, 11) is -3.50. The van der Waals surface area contributed by atoms with Crippen LogP contribution < -0.4 is 10.5 Å². The largest absolute Gasteiger partial charge is 0.314 e. The highest BCUT2D eigenvalue weighted by atomic mass is 32.2. The second-order valence-electron chi connectivity index (χ2n) is 4.23. The summed E-state index contributed by atoms with van der Waals surface area (Å²) in [4.78, 5) is 0. The van der Waals surface area contributed by atoms with Crippen molar-refractivity contribution in [1.29, 1.82) is 0 Å². The molecule has 0 saturated carbocycles. The molecule has 0 aromatic rings. The Labute approximate surface area is 92.2 Å². The van der Waals surface area contributed by atoms with Crippen molar-refractivity contribution in [2.24, 2.45) is 11.1 Å². The third-order valence-electron chi connectivity index (χ3n) is 2.88. The third kappa shape index (κ3) is 3.71. The van der Waals surface area contributed by atoms with Crippen LogP contribution in [0.5, 0.6) is 0 Å². The van der Waals surface area contributed by atoms with Crippen molar-refractivity contribution in [2.45, 2.75) is 32.7 Å². The lowest BCUT2D eigenvalue weighted by atomic mass is 9.95. The number of nitrogens with zero attached hydrogens (tertiary/aromatic N) is 1. The first-order chi connectivity index (χ1) is 6.95. The molecule has 0 aliphatic carbocycles. The van der Waals surface area contributed by atoms with E-state index in [4.69, 9.17) is 5.14 Å². The Morgan fingerprint density at radius 3 is 2.67 bits per heavy atom. The lowest BCUT2D eigenvalue weighted by molar-refractivity contribution is 0.221. The number of hydrogen-bond acceptors (Lipinski definition) is 3. The zero-order chi connectivity index (χ0) is 11.5. The average Bonchev–Trinajstić information content (AvgIpc) is 2.14. The molecule has 0 aromatic carbocycles. The first-order valence-electron chi connectivity index (χ1n) is 5.46. The van der Waals surface area contributed by atoms with E-state index in [2.05, 4.69) is 19.2 Å². The number of rotatable bonds is 4. The van der Waals surface area contributed by atoms with Crippen molar-refractivity contribution < 1.29 is 8.42 Å². The number of piperidine rings is 1. The summed E-state index contributed by atoms with van der Waals surface area (Å²) >= 11 is 0. The first-order valence-corrected chi connectivity index (χ1v) is 6.96. The van der Waals surface area contributed by atoms with Gasteiger partial charge in [-0.15, -0.1) is 0 Å². The summed E-state index contributed by atoms with van der Waals surface area (Å²) in [5.74, 6) is 0.323. The second-order valence-corrected chi connectivity index (χ2v) is 5.78. The molecule has 0 spiro atoms. The van der Waals surface area contributed by atoms with Gasteiger partial charge in [-0.1, -0.05) is 13.8 Å². The predicted molar refractivity (Wildman–Crippen MR) is 60.5 cm³/mol. The van der Waals surface area contributed by atoms with Gasteiger partial charge >= 0.3 is 0 Å². The average molecular weight is 235 g/mol. The summed E-state index contributed by atoms with van der Waals surface area (Å²) in [6.07, 6.45) is 1.94. The molecule has 3 N–H and O–H groups in total. The SMILES string of the molecule is CCCNC1CCN(S(N)(=O)=O)CC1C. The van der Waals surface area contributed by atoms with Crippen molar-refractivity contribution in [3.05, 3.63) is 0 Å². The zero-order valence-electron chi connectivity index (χ0n) is 9.44. The van der Waals surface area contributed by atoms with Crippen molar-refractivity contribution in [3.63, 3.8) is 0 Å². The van der Waals surface area contributed by atoms with Crippen LogP contribution in [0.4, 0.5) is 0 Å². The molecular weight excluding hydrogens is 214 g/mol. The second kappa shape index (κ2) is 5.25. The molecule has 1 heterocycles. The molecule has 90 valence electrons. The van der Waals surface area contributed by atoms with E-state index in [1.807, 2.05) is 0 Å². The highest BCUT2D eigenvalue weighted by Gasteiger charge is 2.30. The van der Waals surface area contributed by atoms with E-state index in [1.54, 1.807) is 0 Å². The van der Waals surface area contributed by atoms with Gasteiger partial charge in [0, 0.05) is 19.1 Å². The smallest absolute Gasteiger partial charge is 0.276 e. The minimum Gasteiger partial charge on any atom is -0.314 e. The molecule has 1 rings (SSSR count). The van der Waals surface area contributed by atoms with Gasteiger partial charge in [0.1, 0.15) is 0 Å². The Balaban J connectivity index is 2.48. The van der Waals surface area contributed by atoms with E-state index in [0.717, 1.165) is 19.4 Å². The number of nitrogens with one attached hydrogen (secondary N) is 1. The summed E-state index contributed by atoms with van der Waals surface area (Å²) < 4.78 is 23.6. The van der Waals surface area contributed by atoms with Gasteiger partial charge in [0.2, 0.25) is 0 Å². The Bertz CT molecular complexity index is 292. The van der Waals surface area contributed by atoms with Gasteiger partial charge in [-0.25, -0.2) is 5.14 Å². The summed E-state index contributed by atoms with van der Waals surface area (Å²) in [6.45, 7) is 6.23. The van der Waals surface area contributed by atoms with E-state index >= 15 is 0 Å². The molecule has 0 amide bonds. The molecule has 1 aliphatic heterocycles. The highest BCUT2D eigenvalue weighted by molar-refractivity contribution is 7.86. The quantitative estimate of drug-likeness (QED) is 0.714. The molecule has 1 saturated heterocycles. The van der Waals surface area contributed by atoms with Crippen LogP contribution in [0.1, 0.15) is 26.7 Å². The van der Waals surface area contributed by atoms with Gasteiger partial charge in [-0.3, -0.25) is 0 Å². The van der Waals surface area contributed by atoms with E-state index in [-0.39, 0.29) is 0 Å². The van der Waals surface area contributed by atoms with Crippen LogP contribution in [-0.4, -0.2) is 38.4 Å². The lowest BCUT2D eigenvalue weighted by Gasteiger charge is -2.35. The van der Waals surface area contributed by atoms with Gasteiger partial charge < -0.3 is 5.32 Å². The van der Waals surface area contributed by atoms with Gasteiger partial charge in [0.05, 0.1) is 0 Å². The zero-order valence-corrected chi connectivity index (χ0v) is 10.3. The first kappa shape index (κ1) is 12.9. The molecule has 0 bridgehead atoms. The fourth-order valence-electron chi connectivity index (χ4n) is 1.97. The maximum Gasteiger partial charge on any atom is 0.276 e. The van der Waals surface area contributed by atoms with Gasteiger partial charge in [0.15, 0.2) is 0 Å². The Hall–Kier alpha value is -0.170.